The summed E-state index contributed by atoms with van der Waals surface area (Å²) >= 11 is 0. The standard InChI is InChI=1S/C13H18N2O4/c1-19-11(8-14)13(18)15-10(7-12(16)17)9-5-3-2-4-6-9/h2-6,10-11H,7-8,14H2,1H3,(H,15,18)(H,16,17). The van der Waals surface area contributed by atoms with Crippen molar-refractivity contribution in [2.45, 2.75) is 18.6 Å². The molecular weight excluding hydrogens is 248 g/mol. The number of hydrogen-bond donors (Lipinski definition) is 3. The van der Waals surface area contributed by atoms with Gasteiger partial charge in [0.1, 0.15) is 6.10 Å². The average Bonchev–Trinajstić information content (AvgIpc) is 2.40. The number of amides is 1. The van der Waals surface area contributed by atoms with Crippen molar-refractivity contribution in [1.82, 2.24) is 5.32 Å². The Hall–Kier alpha value is -1.92. The molecule has 0 bridgehead atoms. The molecular formula is C13H18N2O4. The number of nitrogens with two attached hydrogens (primary N) is 1. The number of nitrogens with one attached hydrogen (secondary N) is 1. The third kappa shape index (κ3) is 4.69. The second-order valence-electron chi connectivity index (χ2n) is 4.03. The van der Waals surface area contributed by atoms with Crippen molar-refractivity contribution in [2.75, 3.05) is 13.7 Å². The molecule has 0 saturated heterocycles. The van der Waals surface area contributed by atoms with Crippen LogP contribution in [0.25, 0.3) is 0 Å². The van der Waals surface area contributed by atoms with Gasteiger partial charge in [-0.2, -0.15) is 0 Å². The van der Waals surface area contributed by atoms with Crippen LogP contribution in [0.2, 0.25) is 0 Å². The maximum absolute atomic E-state index is 11.9. The number of benzene rings is 1. The summed E-state index contributed by atoms with van der Waals surface area (Å²) in [6.45, 7) is 0.0386. The molecule has 19 heavy (non-hydrogen) atoms. The molecule has 0 saturated carbocycles. The summed E-state index contributed by atoms with van der Waals surface area (Å²) in [5, 5.41) is 11.5. The van der Waals surface area contributed by atoms with Crippen LogP contribution < -0.4 is 11.1 Å². The van der Waals surface area contributed by atoms with Crippen molar-refractivity contribution in [3.05, 3.63) is 35.9 Å². The zero-order valence-corrected chi connectivity index (χ0v) is 10.7. The lowest BCUT2D eigenvalue weighted by atomic mass is 10.0. The number of aliphatic carboxylic acids is 1. The molecule has 6 heteroatoms. The molecule has 2 atom stereocenters. The third-order valence-electron chi connectivity index (χ3n) is 2.69. The van der Waals surface area contributed by atoms with Crippen molar-refractivity contribution >= 4 is 11.9 Å². The van der Waals surface area contributed by atoms with Crippen molar-refractivity contribution in [3.63, 3.8) is 0 Å². The zero-order valence-electron chi connectivity index (χ0n) is 10.7. The van der Waals surface area contributed by atoms with Gasteiger partial charge < -0.3 is 20.9 Å². The van der Waals surface area contributed by atoms with Crippen LogP contribution in [0.4, 0.5) is 0 Å². The minimum absolute atomic E-state index is 0.0386. The largest absolute Gasteiger partial charge is 0.481 e. The van der Waals surface area contributed by atoms with Gasteiger partial charge in [-0.15, -0.1) is 0 Å². The van der Waals surface area contributed by atoms with Crippen molar-refractivity contribution in [3.8, 4) is 0 Å². The van der Waals surface area contributed by atoms with Crippen LogP contribution in [0, 0.1) is 0 Å². The number of carboxylic acid groups (broad SMARTS) is 1. The van der Waals surface area contributed by atoms with Gasteiger partial charge in [-0.3, -0.25) is 9.59 Å². The number of carbonyl (C=O) groups excluding carboxylic acids is 1. The average molecular weight is 266 g/mol. The van der Waals surface area contributed by atoms with Gasteiger partial charge in [0.05, 0.1) is 12.5 Å². The van der Waals surface area contributed by atoms with Gasteiger partial charge in [0, 0.05) is 13.7 Å². The Morgan fingerprint density at radius 2 is 2.00 bits per heavy atom. The molecule has 1 amide bonds. The lowest BCUT2D eigenvalue weighted by Crippen LogP contribution is -2.42. The second-order valence-corrected chi connectivity index (χ2v) is 4.03. The fraction of sp³-hybridized carbons (Fsp3) is 0.385. The monoisotopic (exact) mass is 266 g/mol. The van der Waals surface area contributed by atoms with Gasteiger partial charge >= 0.3 is 5.97 Å². The Morgan fingerprint density at radius 3 is 2.47 bits per heavy atom. The molecule has 0 aliphatic carbocycles. The topological polar surface area (TPSA) is 102 Å². The Labute approximate surface area is 111 Å². The summed E-state index contributed by atoms with van der Waals surface area (Å²) in [5.74, 6) is -1.41. The zero-order chi connectivity index (χ0) is 14.3. The molecule has 0 radical (unpaired) electrons. The molecule has 1 rings (SSSR count). The first-order valence-corrected chi connectivity index (χ1v) is 5.88. The molecule has 6 nitrogen and oxygen atoms in total. The Bertz CT molecular complexity index is 418. The van der Waals surface area contributed by atoms with E-state index in [1.807, 2.05) is 6.07 Å². The number of carboxylic acids is 1. The quantitative estimate of drug-likeness (QED) is 0.658. The predicted octanol–water partition coefficient (Wildman–Crippen LogP) is 0.292. The molecule has 0 aliphatic rings. The first-order chi connectivity index (χ1) is 9.08. The third-order valence-corrected chi connectivity index (χ3v) is 2.69. The molecule has 0 aromatic heterocycles. The van der Waals surface area contributed by atoms with E-state index in [0.717, 1.165) is 5.56 Å². The summed E-state index contributed by atoms with van der Waals surface area (Å²) < 4.78 is 4.92. The van der Waals surface area contributed by atoms with Gasteiger partial charge in [-0.25, -0.2) is 0 Å². The number of rotatable bonds is 7. The normalized spacial score (nSPS) is 13.6. The minimum atomic E-state index is -0.990. The summed E-state index contributed by atoms with van der Waals surface area (Å²) in [5.41, 5.74) is 6.12. The first-order valence-electron chi connectivity index (χ1n) is 5.88. The van der Waals surface area contributed by atoms with E-state index in [1.54, 1.807) is 24.3 Å². The molecule has 0 spiro atoms. The van der Waals surface area contributed by atoms with E-state index >= 15 is 0 Å². The van der Waals surface area contributed by atoms with E-state index in [9.17, 15) is 9.59 Å². The van der Waals surface area contributed by atoms with E-state index in [-0.39, 0.29) is 13.0 Å². The van der Waals surface area contributed by atoms with E-state index < -0.39 is 24.0 Å². The SMILES string of the molecule is COC(CN)C(=O)NC(CC(=O)O)c1ccccc1. The molecule has 4 N–H and O–H groups in total. The number of hydrogen-bond acceptors (Lipinski definition) is 4. The minimum Gasteiger partial charge on any atom is -0.481 e. The summed E-state index contributed by atoms with van der Waals surface area (Å²) in [4.78, 5) is 22.7. The van der Waals surface area contributed by atoms with Gasteiger partial charge in [0.25, 0.3) is 5.91 Å². The fourth-order valence-corrected chi connectivity index (χ4v) is 1.69. The van der Waals surface area contributed by atoms with Crippen molar-refractivity contribution in [1.29, 1.82) is 0 Å². The highest BCUT2D eigenvalue weighted by Crippen LogP contribution is 2.16. The summed E-state index contributed by atoms with van der Waals surface area (Å²) in [6.07, 6.45) is -0.975. The molecule has 0 fully saturated rings. The number of methoxy groups -OCH3 is 1. The highest BCUT2D eigenvalue weighted by atomic mass is 16.5. The molecule has 0 heterocycles. The van der Waals surface area contributed by atoms with E-state index in [1.165, 1.54) is 7.11 Å². The maximum Gasteiger partial charge on any atom is 0.305 e. The van der Waals surface area contributed by atoms with E-state index in [0.29, 0.717) is 0 Å². The van der Waals surface area contributed by atoms with Crippen LogP contribution in [0.1, 0.15) is 18.0 Å². The molecule has 1 aromatic carbocycles. The van der Waals surface area contributed by atoms with Gasteiger partial charge in [-0.1, -0.05) is 30.3 Å². The van der Waals surface area contributed by atoms with E-state index in [4.69, 9.17) is 15.6 Å². The first kappa shape index (κ1) is 15.1. The molecule has 1 aromatic rings. The van der Waals surface area contributed by atoms with Crippen LogP contribution in [0.15, 0.2) is 30.3 Å². The van der Waals surface area contributed by atoms with Crippen LogP contribution in [0.5, 0.6) is 0 Å². The van der Waals surface area contributed by atoms with Gasteiger partial charge in [0.15, 0.2) is 0 Å². The smallest absolute Gasteiger partial charge is 0.305 e. The van der Waals surface area contributed by atoms with Crippen LogP contribution >= 0.6 is 0 Å². The highest BCUT2D eigenvalue weighted by molar-refractivity contribution is 5.82. The Morgan fingerprint density at radius 1 is 1.37 bits per heavy atom. The Kier molecular flexibility index (Phi) is 5.98. The van der Waals surface area contributed by atoms with E-state index in [2.05, 4.69) is 5.32 Å². The number of carbonyl (C=O) groups is 2. The van der Waals surface area contributed by atoms with Crippen LogP contribution in [0.3, 0.4) is 0 Å². The summed E-state index contributed by atoms with van der Waals surface area (Å²) in [6, 6.07) is 8.31. The molecule has 2 unspecified atom stereocenters. The Balaban J connectivity index is 2.81. The second kappa shape index (κ2) is 7.50. The van der Waals surface area contributed by atoms with Crippen LogP contribution in [-0.4, -0.2) is 36.7 Å². The summed E-state index contributed by atoms with van der Waals surface area (Å²) in [7, 11) is 1.38. The van der Waals surface area contributed by atoms with Crippen molar-refractivity contribution in [2.24, 2.45) is 5.73 Å². The lowest BCUT2D eigenvalue weighted by molar-refractivity contribution is -0.138. The van der Waals surface area contributed by atoms with Crippen LogP contribution in [-0.2, 0) is 14.3 Å². The number of ether oxygens (including phenoxy) is 1. The van der Waals surface area contributed by atoms with Crippen molar-refractivity contribution < 1.29 is 19.4 Å². The fourth-order valence-electron chi connectivity index (χ4n) is 1.69. The van der Waals surface area contributed by atoms with Gasteiger partial charge in [-0.05, 0) is 5.56 Å². The lowest BCUT2D eigenvalue weighted by Gasteiger charge is -2.20. The highest BCUT2D eigenvalue weighted by Gasteiger charge is 2.22. The predicted molar refractivity (Wildman–Crippen MR) is 69.4 cm³/mol. The van der Waals surface area contributed by atoms with Gasteiger partial charge in [0.2, 0.25) is 0 Å². The molecule has 0 aliphatic heterocycles. The molecule has 104 valence electrons. The maximum atomic E-state index is 11.9.